The standard InChI is InChI=1S/C11H20N4O2S/c1-3-4-7-15-10(12)9(18(2,16)17)11(14-15)13-8-5-6-8/h8H,3-7,12H2,1-2H3,(H,13,14). The highest BCUT2D eigenvalue weighted by Gasteiger charge is 2.29. The first-order valence-electron chi connectivity index (χ1n) is 6.26. The van der Waals surface area contributed by atoms with Gasteiger partial charge < -0.3 is 11.1 Å². The molecule has 1 heterocycles. The van der Waals surface area contributed by atoms with Crippen molar-refractivity contribution in [1.29, 1.82) is 0 Å². The molecule has 1 fully saturated rings. The minimum atomic E-state index is -3.36. The normalized spacial score (nSPS) is 15.9. The average Bonchev–Trinajstić information content (AvgIpc) is 2.99. The number of nitrogens with two attached hydrogens (primary N) is 1. The third-order valence-electron chi connectivity index (χ3n) is 2.96. The van der Waals surface area contributed by atoms with Gasteiger partial charge in [-0.2, -0.15) is 5.10 Å². The molecule has 1 aliphatic rings. The molecule has 1 aliphatic carbocycles. The maximum absolute atomic E-state index is 11.8. The molecule has 0 aromatic carbocycles. The number of aromatic nitrogens is 2. The van der Waals surface area contributed by atoms with Crippen LogP contribution in [-0.2, 0) is 16.4 Å². The number of aryl methyl sites for hydroxylation is 1. The molecule has 6 nitrogen and oxygen atoms in total. The number of anilines is 2. The van der Waals surface area contributed by atoms with Crippen molar-refractivity contribution in [2.24, 2.45) is 0 Å². The van der Waals surface area contributed by atoms with Gasteiger partial charge in [-0.25, -0.2) is 13.1 Å². The van der Waals surface area contributed by atoms with Crippen molar-refractivity contribution in [1.82, 2.24) is 9.78 Å². The molecule has 0 spiro atoms. The van der Waals surface area contributed by atoms with Crippen LogP contribution in [0.5, 0.6) is 0 Å². The Bertz CT molecular complexity index is 531. The Labute approximate surface area is 107 Å². The first-order valence-corrected chi connectivity index (χ1v) is 8.15. The van der Waals surface area contributed by atoms with Crippen LogP contribution in [0.25, 0.3) is 0 Å². The molecule has 1 saturated carbocycles. The van der Waals surface area contributed by atoms with Gasteiger partial charge in [-0.3, -0.25) is 0 Å². The molecular weight excluding hydrogens is 252 g/mol. The second-order valence-electron chi connectivity index (χ2n) is 4.83. The Hall–Kier alpha value is -1.24. The summed E-state index contributed by atoms with van der Waals surface area (Å²) in [6, 6.07) is 0.347. The molecule has 1 aromatic rings. The Morgan fingerprint density at radius 1 is 1.50 bits per heavy atom. The van der Waals surface area contributed by atoms with Gasteiger partial charge >= 0.3 is 0 Å². The van der Waals surface area contributed by atoms with Crippen LogP contribution in [0.4, 0.5) is 11.6 Å². The van der Waals surface area contributed by atoms with Crippen LogP contribution in [0.2, 0.25) is 0 Å². The Balaban J connectivity index is 2.36. The fourth-order valence-electron chi connectivity index (χ4n) is 1.82. The molecule has 0 unspecified atom stereocenters. The number of nitrogens with zero attached hydrogens (tertiary/aromatic N) is 2. The third-order valence-corrected chi connectivity index (χ3v) is 4.10. The van der Waals surface area contributed by atoms with Gasteiger partial charge in [0.1, 0.15) is 5.82 Å². The highest BCUT2D eigenvalue weighted by atomic mass is 32.2. The maximum atomic E-state index is 11.8. The summed E-state index contributed by atoms with van der Waals surface area (Å²) in [5.74, 6) is 0.655. The molecule has 7 heteroatoms. The summed E-state index contributed by atoms with van der Waals surface area (Å²) < 4.78 is 25.2. The minimum Gasteiger partial charge on any atom is -0.383 e. The molecule has 18 heavy (non-hydrogen) atoms. The summed E-state index contributed by atoms with van der Waals surface area (Å²) in [6.45, 7) is 2.72. The number of sulfone groups is 1. The van der Waals surface area contributed by atoms with Gasteiger partial charge in [0.15, 0.2) is 20.6 Å². The summed E-state index contributed by atoms with van der Waals surface area (Å²) in [7, 11) is -3.36. The molecule has 0 amide bonds. The second-order valence-corrected chi connectivity index (χ2v) is 6.78. The molecule has 0 atom stereocenters. The Morgan fingerprint density at radius 3 is 2.67 bits per heavy atom. The lowest BCUT2D eigenvalue weighted by molar-refractivity contribution is 0.578. The van der Waals surface area contributed by atoms with Crippen LogP contribution in [0, 0.1) is 0 Å². The smallest absolute Gasteiger partial charge is 0.182 e. The Morgan fingerprint density at radius 2 is 2.17 bits per heavy atom. The lowest BCUT2D eigenvalue weighted by atomic mass is 10.3. The second kappa shape index (κ2) is 4.79. The molecule has 0 radical (unpaired) electrons. The number of unbranched alkanes of at least 4 members (excludes halogenated alkanes) is 1. The summed E-state index contributed by atoms with van der Waals surface area (Å²) in [6.07, 6.45) is 5.23. The molecule has 0 saturated heterocycles. The van der Waals surface area contributed by atoms with Crippen molar-refractivity contribution in [3.8, 4) is 0 Å². The number of rotatable bonds is 6. The van der Waals surface area contributed by atoms with Crippen molar-refractivity contribution < 1.29 is 8.42 Å². The van der Waals surface area contributed by atoms with Gasteiger partial charge in [0.05, 0.1) is 0 Å². The molecule has 2 rings (SSSR count). The highest BCUT2D eigenvalue weighted by molar-refractivity contribution is 7.91. The van der Waals surface area contributed by atoms with Crippen LogP contribution >= 0.6 is 0 Å². The quantitative estimate of drug-likeness (QED) is 0.813. The van der Waals surface area contributed by atoms with E-state index in [1.807, 2.05) is 0 Å². The zero-order chi connectivity index (χ0) is 13.3. The predicted molar refractivity (Wildman–Crippen MR) is 71.3 cm³/mol. The van der Waals surface area contributed by atoms with Gasteiger partial charge in [-0.05, 0) is 19.3 Å². The largest absolute Gasteiger partial charge is 0.383 e. The van der Waals surface area contributed by atoms with Crippen LogP contribution in [0.3, 0.4) is 0 Å². The van der Waals surface area contributed by atoms with E-state index in [2.05, 4.69) is 17.3 Å². The molecule has 0 bridgehead atoms. The highest BCUT2D eigenvalue weighted by Crippen LogP contribution is 2.32. The van der Waals surface area contributed by atoms with Crippen molar-refractivity contribution in [3.05, 3.63) is 0 Å². The van der Waals surface area contributed by atoms with E-state index in [0.717, 1.165) is 25.7 Å². The first-order chi connectivity index (χ1) is 8.43. The minimum absolute atomic E-state index is 0.144. The lowest BCUT2D eigenvalue weighted by Crippen LogP contribution is -2.08. The van der Waals surface area contributed by atoms with E-state index in [0.29, 0.717) is 18.4 Å². The number of nitrogens with one attached hydrogen (secondary N) is 1. The predicted octanol–water partition coefficient (Wildman–Crippen LogP) is 1.24. The SMILES string of the molecule is CCCCn1nc(NC2CC2)c(S(C)(=O)=O)c1N. The van der Waals surface area contributed by atoms with Gasteiger partial charge in [-0.1, -0.05) is 13.3 Å². The molecule has 0 aliphatic heterocycles. The van der Waals surface area contributed by atoms with E-state index < -0.39 is 9.84 Å². The fourth-order valence-corrected chi connectivity index (χ4v) is 2.75. The number of nitrogen functional groups attached to an aromatic ring is 1. The number of hydrogen-bond acceptors (Lipinski definition) is 5. The molecule has 1 aromatic heterocycles. The third kappa shape index (κ3) is 2.77. The maximum Gasteiger partial charge on any atom is 0.182 e. The van der Waals surface area contributed by atoms with Gasteiger partial charge in [-0.15, -0.1) is 0 Å². The van der Waals surface area contributed by atoms with E-state index in [-0.39, 0.29) is 10.7 Å². The van der Waals surface area contributed by atoms with Crippen LogP contribution in [0.15, 0.2) is 4.90 Å². The van der Waals surface area contributed by atoms with Crippen molar-refractivity contribution in [2.45, 2.75) is 50.1 Å². The van der Waals surface area contributed by atoms with Gasteiger partial charge in [0.25, 0.3) is 0 Å². The van der Waals surface area contributed by atoms with Crippen molar-refractivity contribution in [2.75, 3.05) is 17.3 Å². The first kappa shape index (κ1) is 13.2. The molecule has 3 N–H and O–H groups in total. The van der Waals surface area contributed by atoms with Crippen LogP contribution in [-0.4, -0.2) is 30.5 Å². The fraction of sp³-hybridized carbons (Fsp3) is 0.727. The van der Waals surface area contributed by atoms with Crippen LogP contribution in [0.1, 0.15) is 32.6 Å². The van der Waals surface area contributed by atoms with Gasteiger partial charge in [0, 0.05) is 18.8 Å². The summed E-state index contributed by atoms with van der Waals surface area (Å²) >= 11 is 0. The van der Waals surface area contributed by atoms with E-state index in [1.54, 1.807) is 4.68 Å². The van der Waals surface area contributed by atoms with E-state index in [9.17, 15) is 8.42 Å². The number of hydrogen-bond donors (Lipinski definition) is 2. The Kier molecular flexibility index (Phi) is 3.52. The van der Waals surface area contributed by atoms with E-state index in [1.165, 1.54) is 6.26 Å². The zero-order valence-corrected chi connectivity index (χ0v) is 11.6. The molecule has 102 valence electrons. The zero-order valence-electron chi connectivity index (χ0n) is 10.8. The van der Waals surface area contributed by atoms with Crippen molar-refractivity contribution in [3.63, 3.8) is 0 Å². The van der Waals surface area contributed by atoms with Crippen LogP contribution < -0.4 is 11.1 Å². The lowest BCUT2D eigenvalue weighted by Gasteiger charge is -2.03. The summed E-state index contributed by atoms with van der Waals surface area (Å²) in [5.41, 5.74) is 5.91. The summed E-state index contributed by atoms with van der Waals surface area (Å²) in [4.78, 5) is 0.144. The monoisotopic (exact) mass is 272 g/mol. The van der Waals surface area contributed by atoms with E-state index >= 15 is 0 Å². The van der Waals surface area contributed by atoms with Crippen molar-refractivity contribution >= 4 is 21.5 Å². The summed E-state index contributed by atoms with van der Waals surface area (Å²) in [5, 5.41) is 7.43. The molecular formula is C11H20N4O2S. The van der Waals surface area contributed by atoms with Gasteiger partial charge in [0.2, 0.25) is 0 Å². The topological polar surface area (TPSA) is 90.0 Å². The van der Waals surface area contributed by atoms with E-state index in [4.69, 9.17) is 5.73 Å². The average molecular weight is 272 g/mol.